The van der Waals surface area contributed by atoms with Crippen LogP contribution in [0.5, 0.6) is 0 Å². The molecule has 0 aromatic carbocycles. The van der Waals surface area contributed by atoms with Crippen molar-refractivity contribution >= 4 is 23.8 Å². The summed E-state index contributed by atoms with van der Waals surface area (Å²) in [6, 6.07) is -0.926. The molecule has 0 spiro atoms. The highest BCUT2D eigenvalue weighted by Gasteiger charge is 2.23. The molecule has 2 N–H and O–H groups in total. The van der Waals surface area contributed by atoms with E-state index in [1.807, 2.05) is 0 Å². The molecule has 0 aromatic rings. The predicted molar refractivity (Wildman–Crippen MR) is 74.6 cm³/mol. The molecule has 0 saturated carbocycles. The summed E-state index contributed by atoms with van der Waals surface area (Å²) in [7, 11) is 1.62. The zero-order valence-corrected chi connectivity index (χ0v) is 12.7. The van der Waals surface area contributed by atoms with E-state index in [0.29, 0.717) is 18.8 Å². The number of thioether (sulfide) groups is 1. The van der Waals surface area contributed by atoms with Crippen molar-refractivity contribution in [3.8, 4) is 0 Å². The molecule has 0 saturated heterocycles. The van der Waals surface area contributed by atoms with E-state index in [1.54, 1.807) is 39.6 Å². The fourth-order valence-corrected chi connectivity index (χ4v) is 2.04. The van der Waals surface area contributed by atoms with Gasteiger partial charge in [0.2, 0.25) is 0 Å². The van der Waals surface area contributed by atoms with Gasteiger partial charge in [0.1, 0.15) is 11.6 Å². The Kier molecular flexibility index (Phi) is 8.58. The van der Waals surface area contributed by atoms with Gasteiger partial charge in [-0.2, -0.15) is 11.8 Å². The summed E-state index contributed by atoms with van der Waals surface area (Å²) in [4.78, 5) is 22.5. The molecular weight excluding hydrogens is 270 g/mol. The number of ether oxygens (including phenoxy) is 2. The van der Waals surface area contributed by atoms with E-state index in [2.05, 4.69) is 5.32 Å². The molecule has 0 heterocycles. The average Bonchev–Trinajstić information content (AvgIpc) is 2.24. The lowest BCUT2D eigenvalue weighted by atomic mass is 10.2. The number of methoxy groups -OCH3 is 1. The lowest BCUT2D eigenvalue weighted by Crippen LogP contribution is -2.43. The third-order valence-corrected chi connectivity index (χ3v) is 2.95. The van der Waals surface area contributed by atoms with Gasteiger partial charge in [-0.1, -0.05) is 0 Å². The van der Waals surface area contributed by atoms with Crippen LogP contribution in [-0.4, -0.2) is 54.0 Å². The summed E-state index contributed by atoms with van der Waals surface area (Å²) < 4.78 is 9.91. The van der Waals surface area contributed by atoms with E-state index in [0.717, 1.165) is 5.75 Å². The van der Waals surface area contributed by atoms with Crippen molar-refractivity contribution in [2.45, 2.75) is 38.8 Å². The fraction of sp³-hybridized carbons (Fsp3) is 0.833. The van der Waals surface area contributed by atoms with Crippen LogP contribution >= 0.6 is 11.8 Å². The van der Waals surface area contributed by atoms with E-state index in [4.69, 9.17) is 14.6 Å². The molecule has 0 aromatic heterocycles. The largest absolute Gasteiger partial charge is 0.480 e. The molecule has 0 rings (SSSR count). The number of carboxylic acids is 1. The van der Waals surface area contributed by atoms with Gasteiger partial charge in [0.05, 0.1) is 6.61 Å². The van der Waals surface area contributed by atoms with Gasteiger partial charge in [0, 0.05) is 12.9 Å². The second-order valence-corrected chi connectivity index (χ2v) is 6.16. The van der Waals surface area contributed by atoms with Gasteiger partial charge >= 0.3 is 12.1 Å². The highest BCUT2D eigenvalue weighted by atomic mass is 32.2. The number of nitrogens with one attached hydrogen (secondary N) is 1. The summed E-state index contributed by atoms with van der Waals surface area (Å²) in [6.07, 6.45) is -0.357. The molecule has 6 nitrogen and oxygen atoms in total. The van der Waals surface area contributed by atoms with Gasteiger partial charge < -0.3 is 19.9 Å². The molecule has 7 heteroatoms. The quantitative estimate of drug-likeness (QED) is 0.663. The number of alkyl carbamates (subject to hydrolysis) is 1. The number of rotatable bonds is 8. The molecule has 0 radical (unpaired) electrons. The van der Waals surface area contributed by atoms with Gasteiger partial charge in [-0.3, -0.25) is 0 Å². The first-order chi connectivity index (χ1) is 8.76. The highest BCUT2D eigenvalue weighted by Crippen LogP contribution is 2.09. The highest BCUT2D eigenvalue weighted by molar-refractivity contribution is 7.99. The molecule has 112 valence electrons. The zero-order chi connectivity index (χ0) is 14.9. The van der Waals surface area contributed by atoms with E-state index in [1.165, 1.54) is 0 Å². The van der Waals surface area contributed by atoms with Crippen molar-refractivity contribution in [1.82, 2.24) is 5.32 Å². The SMILES string of the molecule is COCCSCCC(NC(=O)OC(C)(C)C)C(=O)O. The molecule has 19 heavy (non-hydrogen) atoms. The Morgan fingerprint density at radius 3 is 2.42 bits per heavy atom. The topological polar surface area (TPSA) is 84.9 Å². The Morgan fingerprint density at radius 1 is 1.32 bits per heavy atom. The number of carbonyl (C=O) groups excluding carboxylic acids is 1. The standard InChI is InChI=1S/C12H23NO5S/c1-12(2,3)18-11(16)13-9(10(14)15)5-7-19-8-6-17-4/h9H,5-8H2,1-4H3,(H,13,16)(H,14,15). The summed E-state index contributed by atoms with van der Waals surface area (Å²) in [5.41, 5.74) is -0.639. The lowest BCUT2D eigenvalue weighted by Gasteiger charge is -2.21. The monoisotopic (exact) mass is 293 g/mol. The van der Waals surface area contributed by atoms with Gasteiger partial charge in [-0.05, 0) is 32.9 Å². The fourth-order valence-electron chi connectivity index (χ4n) is 1.15. The normalized spacial score (nSPS) is 12.8. The van der Waals surface area contributed by atoms with Crippen LogP contribution in [0.2, 0.25) is 0 Å². The van der Waals surface area contributed by atoms with E-state index < -0.39 is 23.7 Å². The molecule has 1 amide bonds. The smallest absolute Gasteiger partial charge is 0.408 e. The first-order valence-corrected chi connectivity index (χ1v) is 7.20. The van der Waals surface area contributed by atoms with Gasteiger partial charge in [0.25, 0.3) is 0 Å². The maximum atomic E-state index is 11.5. The van der Waals surface area contributed by atoms with Crippen LogP contribution in [-0.2, 0) is 14.3 Å². The van der Waals surface area contributed by atoms with Gasteiger partial charge in [-0.25, -0.2) is 9.59 Å². The van der Waals surface area contributed by atoms with Crippen LogP contribution < -0.4 is 5.32 Å². The van der Waals surface area contributed by atoms with E-state index in [-0.39, 0.29) is 0 Å². The Hall–Kier alpha value is -0.950. The third-order valence-electron chi connectivity index (χ3n) is 1.97. The summed E-state index contributed by atoms with van der Waals surface area (Å²) in [5.74, 6) is 0.379. The molecule has 1 unspecified atom stereocenters. The summed E-state index contributed by atoms with van der Waals surface area (Å²) >= 11 is 1.58. The first-order valence-electron chi connectivity index (χ1n) is 6.05. The van der Waals surface area contributed by atoms with Crippen LogP contribution in [0.25, 0.3) is 0 Å². The summed E-state index contributed by atoms with van der Waals surface area (Å²) in [6.45, 7) is 5.80. The molecular formula is C12H23NO5S. The summed E-state index contributed by atoms with van der Waals surface area (Å²) in [5, 5.41) is 11.4. The Bertz CT molecular complexity index is 290. The minimum Gasteiger partial charge on any atom is -0.480 e. The van der Waals surface area contributed by atoms with E-state index in [9.17, 15) is 9.59 Å². The second-order valence-electron chi connectivity index (χ2n) is 4.93. The number of carboxylic acid groups (broad SMARTS) is 1. The predicted octanol–water partition coefficient (Wildman–Crippen LogP) is 1.73. The Morgan fingerprint density at radius 2 is 1.95 bits per heavy atom. The molecule has 0 bridgehead atoms. The Balaban J connectivity index is 4.05. The van der Waals surface area contributed by atoms with Crippen molar-refractivity contribution in [3.05, 3.63) is 0 Å². The van der Waals surface area contributed by atoms with Crippen LogP contribution in [0.1, 0.15) is 27.2 Å². The number of amides is 1. The first kappa shape index (κ1) is 18.0. The lowest BCUT2D eigenvalue weighted by molar-refractivity contribution is -0.139. The number of hydrogen-bond donors (Lipinski definition) is 2. The van der Waals surface area contributed by atoms with Crippen molar-refractivity contribution in [2.24, 2.45) is 0 Å². The van der Waals surface area contributed by atoms with Crippen molar-refractivity contribution < 1.29 is 24.2 Å². The van der Waals surface area contributed by atoms with Crippen LogP contribution in [0.4, 0.5) is 4.79 Å². The molecule has 0 aliphatic carbocycles. The third kappa shape index (κ3) is 10.6. The van der Waals surface area contributed by atoms with Crippen molar-refractivity contribution in [1.29, 1.82) is 0 Å². The second kappa shape index (κ2) is 9.03. The zero-order valence-electron chi connectivity index (χ0n) is 11.9. The van der Waals surface area contributed by atoms with Crippen molar-refractivity contribution in [2.75, 3.05) is 25.2 Å². The number of aliphatic carboxylic acids is 1. The van der Waals surface area contributed by atoms with Gasteiger partial charge in [0.15, 0.2) is 0 Å². The Labute approximate surface area is 118 Å². The minimum atomic E-state index is -1.06. The maximum Gasteiger partial charge on any atom is 0.408 e. The van der Waals surface area contributed by atoms with Gasteiger partial charge in [-0.15, -0.1) is 0 Å². The van der Waals surface area contributed by atoms with E-state index >= 15 is 0 Å². The molecule has 1 atom stereocenters. The maximum absolute atomic E-state index is 11.5. The number of hydrogen-bond acceptors (Lipinski definition) is 5. The molecule has 0 aliphatic heterocycles. The van der Waals surface area contributed by atoms with Crippen LogP contribution in [0, 0.1) is 0 Å². The molecule has 0 fully saturated rings. The average molecular weight is 293 g/mol. The van der Waals surface area contributed by atoms with Crippen LogP contribution in [0.15, 0.2) is 0 Å². The number of carbonyl (C=O) groups is 2. The van der Waals surface area contributed by atoms with Crippen molar-refractivity contribution in [3.63, 3.8) is 0 Å². The minimum absolute atomic E-state index is 0.350. The van der Waals surface area contributed by atoms with Crippen LogP contribution in [0.3, 0.4) is 0 Å². The molecule has 0 aliphatic rings.